The number of rotatable bonds is 6. The highest BCUT2D eigenvalue weighted by Gasteiger charge is 2.19. The lowest BCUT2D eigenvalue weighted by molar-refractivity contribution is 0.112. The Labute approximate surface area is 123 Å². The largest absolute Gasteiger partial charge is 0.337 e. The number of carbonyl (C=O) groups is 1. The highest BCUT2D eigenvalue weighted by atomic mass is 19.1. The summed E-state index contributed by atoms with van der Waals surface area (Å²) in [6.07, 6.45) is 2.16. The number of nitrogens with zero attached hydrogens (tertiary/aromatic N) is 1. The highest BCUT2D eigenvalue weighted by Crippen LogP contribution is 2.31. The number of unbranched alkanes of at least 4 members (excludes halogenated alkanes) is 1. The molecule has 110 valence electrons. The maximum absolute atomic E-state index is 14.2. The summed E-state index contributed by atoms with van der Waals surface area (Å²) in [4.78, 5) is 12.3. The van der Waals surface area contributed by atoms with Crippen LogP contribution in [-0.4, -0.2) is 12.8 Å². The molecule has 21 heavy (non-hydrogen) atoms. The molecule has 0 heterocycles. The number of carbonyl (C=O) groups excluding carboxylic acids is 1. The summed E-state index contributed by atoms with van der Waals surface area (Å²) in [5, 5.41) is 0. The van der Waals surface area contributed by atoms with Crippen molar-refractivity contribution in [3.05, 3.63) is 59.7 Å². The smallest absolute Gasteiger partial charge is 0.150 e. The van der Waals surface area contributed by atoms with E-state index in [1.807, 2.05) is 37.3 Å². The van der Waals surface area contributed by atoms with Crippen LogP contribution >= 0.6 is 0 Å². The third-order valence-corrected chi connectivity index (χ3v) is 3.25. The van der Waals surface area contributed by atoms with Gasteiger partial charge in [-0.15, -0.1) is 0 Å². The van der Waals surface area contributed by atoms with Crippen LogP contribution in [0.2, 0.25) is 0 Å². The van der Waals surface area contributed by atoms with Crippen molar-refractivity contribution < 1.29 is 13.6 Å². The number of benzene rings is 2. The normalized spacial score (nSPS) is 10.4. The van der Waals surface area contributed by atoms with Gasteiger partial charge in [-0.3, -0.25) is 4.79 Å². The lowest BCUT2D eigenvalue weighted by atomic mass is 10.1. The second-order valence-corrected chi connectivity index (χ2v) is 4.79. The van der Waals surface area contributed by atoms with E-state index in [4.69, 9.17) is 0 Å². The van der Waals surface area contributed by atoms with E-state index in [2.05, 4.69) is 0 Å². The van der Waals surface area contributed by atoms with Gasteiger partial charge in [0, 0.05) is 17.8 Å². The van der Waals surface area contributed by atoms with Crippen LogP contribution in [0.15, 0.2) is 42.5 Å². The van der Waals surface area contributed by atoms with Gasteiger partial charge in [0.25, 0.3) is 0 Å². The van der Waals surface area contributed by atoms with Crippen molar-refractivity contribution in [1.29, 1.82) is 0 Å². The third-order valence-electron chi connectivity index (χ3n) is 3.25. The van der Waals surface area contributed by atoms with E-state index in [1.165, 1.54) is 0 Å². The Balaban J connectivity index is 2.49. The zero-order chi connectivity index (χ0) is 15.2. The van der Waals surface area contributed by atoms with Gasteiger partial charge in [-0.25, -0.2) is 8.78 Å². The Hall–Kier alpha value is -2.23. The molecule has 0 N–H and O–H groups in total. The van der Waals surface area contributed by atoms with Gasteiger partial charge in [-0.2, -0.15) is 0 Å². The fraction of sp³-hybridized carbons (Fsp3) is 0.235. The molecular formula is C17H17F2NO. The Morgan fingerprint density at radius 3 is 2.24 bits per heavy atom. The van der Waals surface area contributed by atoms with Gasteiger partial charge in [0.05, 0.1) is 0 Å². The Bertz CT molecular complexity index is 590. The standard InChI is InChI=1S/C17H17F2NO/c1-2-3-9-20(14-7-5-4-6-8-14)17-15(18)10-13(12-21)11-16(17)19/h4-8,10-12H,2-3,9H2,1H3. The van der Waals surface area contributed by atoms with Crippen LogP contribution in [0.4, 0.5) is 20.2 Å². The lowest BCUT2D eigenvalue weighted by Gasteiger charge is -2.26. The molecule has 0 saturated heterocycles. The van der Waals surface area contributed by atoms with Gasteiger partial charge in [-0.05, 0) is 30.7 Å². The van der Waals surface area contributed by atoms with Crippen molar-refractivity contribution in [2.75, 3.05) is 11.4 Å². The molecule has 0 aliphatic heterocycles. The van der Waals surface area contributed by atoms with Crippen LogP contribution < -0.4 is 4.90 Å². The first kappa shape index (κ1) is 15.2. The van der Waals surface area contributed by atoms with Crippen molar-refractivity contribution >= 4 is 17.7 Å². The summed E-state index contributed by atoms with van der Waals surface area (Å²) in [6.45, 7) is 2.53. The molecule has 0 fully saturated rings. The van der Waals surface area contributed by atoms with E-state index < -0.39 is 11.6 Å². The fourth-order valence-electron chi connectivity index (χ4n) is 2.21. The molecule has 0 unspecified atom stereocenters. The average Bonchev–Trinajstić information content (AvgIpc) is 2.50. The number of hydrogen-bond acceptors (Lipinski definition) is 2. The maximum atomic E-state index is 14.2. The first-order chi connectivity index (χ1) is 10.2. The summed E-state index contributed by atoms with van der Waals surface area (Å²) < 4.78 is 28.4. The van der Waals surface area contributed by atoms with E-state index in [-0.39, 0.29) is 11.3 Å². The van der Waals surface area contributed by atoms with Gasteiger partial charge < -0.3 is 4.90 Å². The van der Waals surface area contributed by atoms with Gasteiger partial charge in [0.1, 0.15) is 12.0 Å². The predicted octanol–water partition coefficient (Wildman–Crippen LogP) is 4.72. The van der Waals surface area contributed by atoms with E-state index in [1.54, 1.807) is 4.90 Å². The number of para-hydroxylation sites is 1. The maximum Gasteiger partial charge on any atom is 0.150 e. The molecule has 0 amide bonds. The molecule has 0 bridgehead atoms. The zero-order valence-corrected chi connectivity index (χ0v) is 11.9. The zero-order valence-electron chi connectivity index (χ0n) is 11.9. The minimum Gasteiger partial charge on any atom is -0.337 e. The Morgan fingerprint density at radius 2 is 1.71 bits per heavy atom. The molecule has 0 aliphatic rings. The quantitative estimate of drug-likeness (QED) is 0.717. The topological polar surface area (TPSA) is 20.3 Å². The van der Waals surface area contributed by atoms with E-state index in [0.29, 0.717) is 12.8 Å². The first-order valence-electron chi connectivity index (χ1n) is 6.94. The number of halogens is 2. The minimum atomic E-state index is -0.725. The molecule has 2 rings (SSSR count). The van der Waals surface area contributed by atoms with Gasteiger partial charge in [0.2, 0.25) is 0 Å². The minimum absolute atomic E-state index is 0.00254. The van der Waals surface area contributed by atoms with Crippen molar-refractivity contribution in [1.82, 2.24) is 0 Å². The molecule has 0 aliphatic carbocycles. The monoisotopic (exact) mass is 289 g/mol. The van der Waals surface area contributed by atoms with E-state index >= 15 is 0 Å². The first-order valence-corrected chi connectivity index (χ1v) is 6.94. The second-order valence-electron chi connectivity index (χ2n) is 4.79. The predicted molar refractivity (Wildman–Crippen MR) is 80.1 cm³/mol. The summed E-state index contributed by atoms with van der Waals surface area (Å²) in [5.74, 6) is -1.45. The average molecular weight is 289 g/mol. The van der Waals surface area contributed by atoms with Crippen molar-refractivity contribution in [3.63, 3.8) is 0 Å². The second kappa shape index (κ2) is 6.97. The van der Waals surface area contributed by atoms with Crippen molar-refractivity contribution in [2.45, 2.75) is 19.8 Å². The van der Waals surface area contributed by atoms with Crippen molar-refractivity contribution in [3.8, 4) is 0 Å². The van der Waals surface area contributed by atoms with Crippen LogP contribution in [0.1, 0.15) is 30.1 Å². The number of aldehydes is 1. The molecule has 0 radical (unpaired) electrons. The van der Waals surface area contributed by atoms with Gasteiger partial charge in [0.15, 0.2) is 11.6 Å². The summed E-state index contributed by atoms with van der Waals surface area (Å²) in [7, 11) is 0. The molecule has 0 saturated carbocycles. The van der Waals surface area contributed by atoms with E-state index in [0.717, 1.165) is 30.7 Å². The van der Waals surface area contributed by atoms with E-state index in [9.17, 15) is 13.6 Å². The lowest BCUT2D eigenvalue weighted by Crippen LogP contribution is -2.21. The highest BCUT2D eigenvalue weighted by molar-refractivity contribution is 5.77. The molecule has 2 aromatic rings. The number of hydrogen-bond donors (Lipinski definition) is 0. The number of anilines is 2. The molecule has 0 aromatic heterocycles. The summed E-state index contributed by atoms with van der Waals surface area (Å²) in [5.41, 5.74) is 0.611. The van der Waals surface area contributed by atoms with Crippen LogP contribution in [0.3, 0.4) is 0 Å². The van der Waals surface area contributed by atoms with Crippen LogP contribution in [0.25, 0.3) is 0 Å². The van der Waals surface area contributed by atoms with Crippen LogP contribution in [-0.2, 0) is 0 Å². The van der Waals surface area contributed by atoms with Gasteiger partial charge >= 0.3 is 0 Å². The molecule has 2 nitrogen and oxygen atoms in total. The molecular weight excluding hydrogens is 272 g/mol. The Morgan fingerprint density at radius 1 is 1.10 bits per heavy atom. The fourth-order valence-corrected chi connectivity index (χ4v) is 2.21. The Kier molecular flexibility index (Phi) is 5.04. The van der Waals surface area contributed by atoms with Crippen LogP contribution in [0.5, 0.6) is 0 Å². The molecule has 2 aromatic carbocycles. The van der Waals surface area contributed by atoms with Crippen LogP contribution in [0, 0.1) is 11.6 Å². The summed E-state index contributed by atoms with van der Waals surface area (Å²) >= 11 is 0. The van der Waals surface area contributed by atoms with Crippen molar-refractivity contribution in [2.24, 2.45) is 0 Å². The SMILES string of the molecule is CCCCN(c1ccccc1)c1c(F)cc(C=O)cc1F. The molecule has 0 spiro atoms. The third kappa shape index (κ3) is 3.45. The molecule has 0 atom stereocenters. The van der Waals surface area contributed by atoms with Gasteiger partial charge in [-0.1, -0.05) is 31.5 Å². The summed E-state index contributed by atoms with van der Waals surface area (Å²) in [6, 6.07) is 11.2. The molecule has 4 heteroatoms.